The molecule has 1 amide bonds. The summed E-state index contributed by atoms with van der Waals surface area (Å²) in [5.74, 6) is 6.38. The van der Waals surface area contributed by atoms with Crippen LogP contribution in [0.1, 0.15) is 93.9 Å². The fraction of sp³-hybridized carbons (Fsp3) is 0.373. The van der Waals surface area contributed by atoms with Gasteiger partial charge in [0.1, 0.15) is 57.5 Å². The number of aromatic nitrogens is 1. The van der Waals surface area contributed by atoms with E-state index in [-0.39, 0.29) is 12.5 Å². The molecule has 14 heteroatoms. The topological polar surface area (TPSA) is 147 Å². The number of unbranched alkanes of at least 4 members (excludes halogenated alkanes) is 2. The molecule has 10 aliphatic carbocycles. The van der Waals surface area contributed by atoms with Gasteiger partial charge in [0, 0.05) is 113 Å². The van der Waals surface area contributed by atoms with E-state index in [1.54, 1.807) is 69.3 Å². The Labute approximate surface area is 429 Å². The van der Waals surface area contributed by atoms with Crippen molar-refractivity contribution in [3.63, 3.8) is 0 Å². The Morgan fingerprint density at radius 1 is 0.493 bits per heavy atom. The molecule has 0 saturated heterocycles. The van der Waals surface area contributed by atoms with Gasteiger partial charge in [-0.3, -0.25) is 14.8 Å². The third-order valence-electron chi connectivity index (χ3n) is 12.9. The van der Waals surface area contributed by atoms with Gasteiger partial charge in [-0.1, -0.05) is 19.4 Å². The molecule has 14 nitrogen and oxygen atoms in total. The Balaban J connectivity index is 1.32. The second kappa shape index (κ2) is 26.2. The van der Waals surface area contributed by atoms with E-state index in [0.29, 0.717) is 109 Å². The number of ether oxygens (including phenoxy) is 10. The Bertz CT molecular complexity index is 2850. The standard InChI is InChI=1S/C59H69N3O11/c1-10-11-20-72-57-34-47-25-45-33-54(69-7)43(31-56(45)71-9)23-41-29-50(65-3)39(27-52(41)67-5)21-38-26-51(66-4)40(28-49(38)64-2)22-42-30-55(70-8)44(32-53(42)68-6)24-46(57)35-58(47)73-37-59(63)62-19-15-14-17-60-36-48-16-12-13-18-61-48/h12-13,16,18,26-36H,10-11,14-15,17,19-25,37H2,1-9H3,(H,62,63). The number of amides is 1. The van der Waals surface area contributed by atoms with Crippen LogP contribution < -0.4 is 52.7 Å². The number of hydrogen-bond acceptors (Lipinski definition) is 13. The van der Waals surface area contributed by atoms with Gasteiger partial charge in [-0.2, -0.15) is 0 Å². The van der Waals surface area contributed by atoms with Crippen molar-refractivity contribution in [2.45, 2.75) is 64.7 Å². The van der Waals surface area contributed by atoms with Gasteiger partial charge in [-0.05, 0) is 92.1 Å². The summed E-state index contributed by atoms with van der Waals surface area (Å²) in [6.07, 6.45) is 9.03. The molecular weight excluding hydrogens is 927 g/mol. The number of aliphatic imine (C=N–C) groups is 1. The highest BCUT2D eigenvalue weighted by molar-refractivity contribution is 5.78. The van der Waals surface area contributed by atoms with Gasteiger partial charge in [-0.25, -0.2) is 0 Å². The Morgan fingerprint density at radius 2 is 0.849 bits per heavy atom. The lowest BCUT2D eigenvalue weighted by molar-refractivity contribution is -0.123. The summed E-state index contributed by atoms with van der Waals surface area (Å²) in [7, 11) is 13.3. The summed E-state index contributed by atoms with van der Waals surface area (Å²) in [5, 5.41) is 3.02. The van der Waals surface area contributed by atoms with Gasteiger partial charge < -0.3 is 52.7 Å². The lowest BCUT2D eigenvalue weighted by Crippen LogP contribution is -2.30. The maximum Gasteiger partial charge on any atom is 0.257 e. The lowest BCUT2D eigenvalue weighted by atomic mass is 9.94. The molecule has 6 aromatic rings. The zero-order valence-electron chi connectivity index (χ0n) is 43.7. The smallest absolute Gasteiger partial charge is 0.257 e. The molecule has 10 bridgehead atoms. The molecule has 386 valence electrons. The van der Waals surface area contributed by atoms with Crippen molar-refractivity contribution in [3.05, 3.63) is 146 Å². The zero-order chi connectivity index (χ0) is 51.7. The molecule has 10 aliphatic rings. The molecular formula is C59H69N3O11. The summed E-state index contributed by atoms with van der Waals surface area (Å²) in [5.41, 5.74) is 9.54. The molecule has 0 saturated carbocycles. The predicted octanol–water partition coefficient (Wildman–Crippen LogP) is 9.99. The van der Waals surface area contributed by atoms with E-state index in [9.17, 15) is 4.79 Å². The summed E-state index contributed by atoms with van der Waals surface area (Å²) in [6, 6.07) is 25.8. The van der Waals surface area contributed by atoms with Gasteiger partial charge >= 0.3 is 0 Å². The molecule has 0 aliphatic heterocycles. The minimum absolute atomic E-state index is 0.204. The van der Waals surface area contributed by atoms with E-state index in [2.05, 4.69) is 22.2 Å². The van der Waals surface area contributed by atoms with Crippen molar-refractivity contribution in [1.29, 1.82) is 0 Å². The number of nitrogens with zero attached hydrogens (tertiary/aromatic N) is 2. The summed E-state index contributed by atoms with van der Waals surface area (Å²) >= 11 is 0. The van der Waals surface area contributed by atoms with Crippen LogP contribution in [0.4, 0.5) is 0 Å². The van der Waals surface area contributed by atoms with Crippen molar-refractivity contribution < 1.29 is 52.2 Å². The van der Waals surface area contributed by atoms with E-state index in [4.69, 9.17) is 47.4 Å². The molecule has 0 atom stereocenters. The fourth-order valence-corrected chi connectivity index (χ4v) is 9.10. The van der Waals surface area contributed by atoms with Crippen LogP contribution in [0.2, 0.25) is 0 Å². The molecule has 0 radical (unpaired) electrons. The van der Waals surface area contributed by atoms with E-state index in [1.807, 2.05) is 78.9 Å². The van der Waals surface area contributed by atoms with Crippen molar-refractivity contribution in [2.75, 3.05) is 83.2 Å². The second-order valence-corrected chi connectivity index (χ2v) is 17.7. The Kier molecular flexibility index (Phi) is 19.1. The highest BCUT2D eigenvalue weighted by Gasteiger charge is 2.24. The SMILES string of the molecule is CCCCOc1cc2c(OCC(=O)NCCCCN=Cc3ccccn3)cc1Cc1cc(OC)c(cc1OC)Cc1cc(OC)c(cc1OC)Cc1cc(OC)c(cc1OC)Cc1cc(OC)c(cc1OC)C2. The van der Waals surface area contributed by atoms with Crippen molar-refractivity contribution >= 4 is 12.1 Å². The monoisotopic (exact) mass is 995 g/mol. The first-order valence-corrected chi connectivity index (χ1v) is 24.7. The lowest BCUT2D eigenvalue weighted by Gasteiger charge is -2.21. The van der Waals surface area contributed by atoms with E-state index in [0.717, 1.165) is 87.0 Å². The Hall–Kier alpha value is -7.61. The van der Waals surface area contributed by atoms with Crippen LogP contribution in [0.25, 0.3) is 0 Å². The van der Waals surface area contributed by atoms with E-state index < -0.39 is 0 Å². The molecule has 0 unspecified atom stereocenters. The number of rotatable bonds is 21. The van der Waals surface area contributed by atoms with Crippen molar-refractivity contribution in [1.82, 2.24) is 10.3 Å². The fourth-order valence-electron chi connectivity index (χ4n) is 9.10. The first-order chi connectivity index (χ1) is 35.6. The number of nitrogens with one attached hydrogen (secondary N) is 1. The Morgan fingerprint density at radius 3 is 1.19 bits per heavy atom. The van der Waals surface area contributed by atoms with Gasteiger partial charge in [-0.15, -0.1) is 0 Å². The molecule has 16 rings (SSSR count). The third kappa shape index (κ3) is 13.5. The van der Waals surface area contributed by atoms with Crippen LogP contribution in [0.3, 0.4) is 0 Å². The zero-order valence-corrected chi connectivity index (χ0v) is 43.7. The van der Waals surface area contributed by atoms with Crippen LogP contribution in [0, 0.1) is 0 Å². The molecule has 1 N–H and O–H groups in total. The van der Waals surface area contributed by atoms with Crippen LogP contribution in [0.5, 0.6) is 57.5 Å². The summed E-state index contributed by atoms with van der Waals surface area (Å²) in [6.45, 7) is 3.55. The van der Waals surface area contributed by atoms with Crippen LogP contribution in [0.15, 0.2) is 90.1 Å². The average molecular weight is 996 g/mol. The van der Waals surface area contributed by atoms with Crippen LogP contribution in [-0.2, 0) is 36.9 Å². The quantitative estimate of drug-likeness (QED) is 0.0540. The molecule has 5 aromatic carbocycles. The minimum Gasteiger partial charge on any atom is -0.496 e. The first-order valence-electron chi connectivity index (χ1n) is 24.7. The number of carbonyl (C=O) groups is 1. The van der Waals surface area contributed by atoms with Crippen molar-refractivity contribution in [3.8, 4) is 57.5 Å². The van der Waals surface area contributed by atoms with E-state index in [1.165, 1.54) is 0 Å². The first kappa shape index (κ1) is 53.2. The van der Waals surface area contributed by atoms with Gasteiger partial charge in [0.2, 0.25) is 0 Å². The summed E-state index contributed by atoms with van der Waals surface area (Å²) < 4.78 is 61.8. The number of pyridine rings is 1. The number of methoxy groups -OCH3 is 8. The highest BCUT2D eigenvalue weighted by atomic mass is 16.5. The molecule has 1 aromatic heterocycles. The number of hydrogen-bond donors (Lipinski definition) is 1. The maximum atomic E-state index is 13.5. The molecule has 0 fully saturated rings. The summed E-state index contributed by atoms with van der Waals surface area (Å²) in [4.78, 5) is 22.2. The number of carbonyl (C=O) groups excluding carboxylic acids is 1. The maximum absolute atomic E-state index is 13.5. The van der Waals surface area contributed by atoms with Gasteiger partial charge in [0.05, 0.1) is 69.2 Å². The highest BCUT2D eigenvalue weighted by Crippen LogP contribution is 2.42. The van der Waals surface area contributed by atoms with Gasteiger partial charge in [0.15, 0.2) is 6.61 Å². The number of benzene rings is 5. The third-order valence-corrected chi connectivity index (χ3v) is 12.9. The second-order valence-electron chi connectivity index (χ2n) is 17.7. The molecule has 1 heterocycles. The van der Waals surface area contributed by atoms with Gasteiger partial charge in [0.25, 0.3) is 5.91 Å². The van der Waals surface area contributed by atoms with Crippen LogP contribution >= 0.6 is 0 Å². The van der Waals surface area contributed by atoms with Crippen molar-refractivity contribution in [2.24, 2.45) is 4.99 Å². The predicted molar refractivity (Wildman–Crippen MR) is 283 cm³/mol. The molecule has 0 spiro atoms. The van der Waals surface area contributed by atoms with Crippen LogP contribution in [-0.4, -0.2) is 100 Å². The normalized spacial score (nSPS) is 12.1. The minimum atomic E-state index is -0.238. The average Bonchev–Trinajstić information content (AvgIpc) is 3.41. The molecule has 73 heavy (non-hydrogen) atoms. The van der Waals surface area contributed by atoms with E-state index >= 15 is 0 Å². The largest absolute Gasteiger partial charge is 0.496 e.